The van der Waals surface area contributed by atoms with Crippen LogP contribution in [0.5, 0.6) is 5.75 Å². The maximum atomic E-state index is 9.76. The Morgan fingerprint density at radius 1 is 1.04 bits per heavy atom. The van der Waals surface area contributed by atoms with Crippen LogP contribution in [0.25, 0.3) is 10.9 Å². The maximum Gasteiger partial charge on any atom is 0.129 e. The molecule has 0 atom stereocenters. The summed E-state index contributed by atoms with van der Waals surface area (Å²) < 4.78 is 0. The monoisotopic (exact) mass is 339 g/mol. The molecule has 2 fully saturated rings. The molecule has 1 aliphatic carbocycles. The van der Waals surface area contributed by atoms with Crippen LogP contribution in [0, 0.1) is 6.92 Å². The molecule has 0 radical (unpaired) electrons. The van der Waals surface area contributed by atoms with Gasteiger partial charge in [0.05, 0.1) is 5.52 Å². The maximum absolute atomic E-state index is 9.76. The number of benzene rings is 1. The fourth-order valence-electron chi connectivity index (χ4n) is 4.65. The molecule has 1 aliphatic heterocycles. The predicted molar refractivity (Wildman–Crippen MR) is 103 cm³/mol. The van der Waals surface area contributed by atoms with E-state index in [-0.39, 0.29) is 5.75 Å². The topological polar surface area (TPSA) is 39.6 Å². The Labute approximate surface area is 150 Å². The molecule has 0 spiro atoms. The zero-order chi connectivity index (χ0) is 17.4. The summed E-state index contributed by atoms with van der Waals surface area (Å²) in [6, 6.07) is 9.18. The van der Waals surface area contributed by atoms with Crippen LogP contribution in [-0.4, -0.2) is 47.2 Å². The van der Waals surface area contributed by atoms with Crippen molar-refractivity contribution >= 4 is 16.7 Å². The third kappa shape index (κ3) is 3.32. The van der Waals surface area contributed by atoms with Crippen molar-refractivity contribution in [1.29, 1.82) is 0 Å². The Kier molecular flexibility index (Phi) is 4.55. The van der Waals surface area contributed by atoms with Gasteiger partial charge < -0.3 is 14.9 Å². The van der Waals surface area contributed by atoms with Crippen LogP contribution in [0.4, 0.5) is 5.82 Å². The Bertz CT molecular complexity index is 746. The Morgan fingerprint density at radius 3 is 2.44 bits per heavy atom. The lowest BCUT2D eigenvalue weighted by atomic mass is 10.0. The smallest absolute Gasteiger partial charge is 0.129 e. The van der Waals surface area contributed by atoms with Gasteiger partial charge in [0.25, 0.3) is 0 Å². The van der Waals surface area contributed by atoms with Gasteiger partial charge in [0.2, 0.25) is 0 Å². The number of nitrogens with zero attached hydrogens (tertiary/aromatic N) is 3. The number of phenols is 1. The van der Waals surface area contributed by atoms with Crippen LogP contribution >= 0.6 is 0 Å². The van der Waals surface area contributed by atoms with Crippen molar-refractivity contribution < 1.29 is 5.11 Å². The zero-order valence-electron chi connectivity index (χ0n) is 15.4. The van der Waals surface area contributed by atoms with E-state index in [9.17, 15) is 5.11 Å². The standard InChI is InChI=1S/C21H29N3O/c1-15-13-21(22-20-14-18(25)7-8-19(15)20)24-11-9-17(10-12-24)23(2)16-5-3-4-6-16/h7-8,13-14,16-17,25H,3-6,9-12H2,1-2H3. The molecular weight excluding hydrogens is 310 g/mol. The van der Waals surface area contributed by atoms with Crippen LogP contribution in [0.15, 0.2) is 24.3 Å². The van der Waals surface area contributed by atoms with Gasteiger partial charge in [0, 0.05) is 36.6 Å². The Morgan fingerprint density at radius 2 is 1.72 bits per heavy atom. The van der Waals surface area contributed by atoms with E-state index in [4.69, 9.17) is 4.98 Å². The zero-order valence-corrected chi connectivity index (χ0v) is 15.4. The average molecular weight is 339 g/mol. The fraction of sp³-hybridized carbons (Fsp3) is 0.571. The van der Waals surface area contributed by atoms with Gasteiger partial charge in [-0.3, -0.25) is 0 Å². The summed E-state index contributed by atoms with van der Waals surface area (Å²) in [6.07, 6.45) is 8.00. The van der Waals surface area contributed by atoms with Crippen molar-refractivity contribution in [1.82, 2.24) is 9.88 Å². The highest BCUT2D eigenvalue weighted by molar-refractivity contribution is 5.85. The summed E-state index contributed by atoms with van der Waals surface area (Å²) in [5, 5.41) is 10.9. The molecule has 1 saturated carbocycles. The van der Waals surface area contributed by atoms with E-state index in [1.807, 2.05) is 6.07 Å². The number of rotatable bonds is 3. The van der Waals surface area contributed by atoms with Crippen LogP contribution in [-0.2, 0) is 0 Å². The van der Waals surface area contributed by atoms with Gasteiger partial charge in [-0.05, 0) is 63.4 Å². The normalized spacial score (nSPS) is 20.0. The predicted octanol–water partition coefficient (Wildman–Crippen LogP) is 4.09. The largest absolute Gasteiger partial charge is 0.508 e. The number of aromatic nitrogens is 1. The highest BCUT2D eigenvalue weighted by atomic mass is 16.3. The van der Waals surface area contributed by atoms with Gasteiger partial charge in [-0.25, -0.2) is 4.98 Å². The second-order valence-electron chi connectivity index (χ2n) is 7.82. The summed E-state index contributed by atoms with van der Waals surface area (Å²) in [5.74, 6) is 1.34. The number of phenolic OH excluding ortho intramolecular Hbond substituents is 1. The summed E-state index contributed by atoms with van der Waals surface area (Å²) in [7, 11) is 2.33. The molecule has 4 heteroatoms. The van der Waals surface area contributed by atoms with Crippen molar-refractivity contribution in [2.24, 2.45) is 0 Å². The number of piperidine rings is 1. The van der Waals surface area contributed by atoms with Crippen LogP contribution in [0.2, 0.25) is 0 Å². The minimum atomic E-state index is 0.286. The van der Waals surface area contributed by atoms with E-state index < -0.39 is 0 Å². The molecule has 1 saturated heterocycles. The van der Waals surface area contributed by atoms with Crippen molar-refractivity contribution in [2.45, 2.75) is 57.5 Å². The number of pyridine rings is 1. The van der Waals surface area contributed by atoms with E-state index in [1.54, 1.807) is 12.1 Å². The van der Waals surface area contributed by atoms with Gasteiger partial charge >= 0.3 is 0 Å². The van der Waals surface area contributed by atoms with Crippen molar-refractivity contribution in [2.75, 3.05) is 25.0 Å². The number of hydrogen-bond donors (Lipinski definition) is 1. The van der Waals surface area contributed by atoms with Gasteiger partial charge in [0.1, 0.15) is 11.6 Å². The highest BCUT2D eigenvalue weighted by Crippen LogP contribution is 2.30. The average Bonchev–Trinajstić information content (AvgIpc) is 3.15. The second-order valence-corrected chi connectivity index (χ2v) is 7.82. The van der Waals surface area contributed by atoms with Gasteiger partial charge in [-0.1, -0.05) is 12.8 Å². The number of aryl methyl sites for hydroxylation is 1. The highest BCUT2D eigenvalue weighted by Gasteiger charge is 2.29. The molecule has 25 heavy (non-hydrogen) atoms. The Balaban J connectivity index is 1.48. The molecule has 1 N–H and O–H groups in total. The molecule has 1 aromatic heterocycles. The summed E-state index contributed by atoms with van der Waals surface area (Å²) in [4.78, 5) is 9.89. The minimum absolute atomic E-state index is 0.286. The van der Waals surface area contributed by atoms with Gasteiger partial charge in [0.15, 0.2) is 0 Å². The fourth-order valence-corrected chi connectivity index (χ4v) is 4.65. The molecule has 1 aromatic carbocycles. The molecule has 134 valence electrons. The summed E-state index contributed by atoms with van der Waals surface area (Å²) >= 11 is 0. The molecule has 2 heterocycles. The lowest BCUT2D eigenvalue weighted by Gasteiger charge is -2.40. The first-order valence-corrected chi connectivity index (χ1v) is 9.69. The quantitative estimate of drug-likeness (QED) is 0.914. The number of hydrogen-bond acceptors (Lipinski definition) is 4. The first kappa shape index (κ1) is 16.6. The lowest BCUT2D eigenvalue weighted by molar-refractivity contribution is 0.150. The van der Waals surface area contributed by atoms with Crippen LogP contribution in [0.1, 0.15) is 44.1 Å². The third-order valence-electron chi connectivity index (χ3n) is 6.25. The van der Waals surface area contributed by atoms with Crippen molar-refractivity contribution in [3.63, 3.8) is 0 Å². The van der Waals surface area contributed by atoms with E-state index in [1.165, 1.54) is 44.1 Å². The van der Waals surface area contributed by atoms with Gasteiger partial charge in [-0.2, -0.15) is 0 Å². The summed E-state index contributed by atoms with van der Waals surface area (Å²) in [6.45, 7) is 4.27. The van der Waals surface area contributed by atoms with Crippen LogP contribution in [0.3, 0.4) is 0 Å². The first-order chi connectivity index (χ1) is 12.1. The molecule has 0 amide bonds. The van der Waals surface area contributed by atoms with E-state index >= 15 is 0 Å². The lowest BCUT2D eigenvalue weighted by Crippen LogP contribution is -2.46. The number of aromatic hydroxyl groups is 1. The second kappa shape index (κ2) is 6.83. The molecular formula is C21H29N3O. The molecule has 4 nitrogen and oxygen atoms in total. The van der Waals surface area contributed by atoms with E-state index in [0.717, 1.165) is 35.9 Å². The minimum Gasteiger partial charge on any atom is -0.508 e. The molecule has 4 rings (SSSR count). The first-order valence-electron chi connectivity index (χ1n) is 9.69. The molecule has 2 aromatic rings. The SMILES string of the molecule is Cc1cc(N2CCC(N(C)C3CCCC3)CC2)nc2cc(O)ccc12. The molecule has 0 unspecified atom stereocenters. The van der Waals surface area contributed by atoms with Crippen molar-refractivity contribution in [3.8, 4) is 5.75 Å². The molecule has 0 bridgehead atoms. The number of anilines is 1. The van der Waals surface area contributed by atoms with E-state index in [0.29, 0.717) is 6.04 Å². The third-order valence-corrected chi connectivity index (χ3v) is 6.25. The summed E-state index contributed by atoms with van der Waals surface area (Å²) in [5.41, 5.74) is 2.12. The Hall–Kier alpha value is -1.81. The van der Waals surface area contributed by atoms with E-state index in [2.05, 4.69) is 29.8 Å². The van der Waals surface area contributed by atoms with Crippen molar-refractivity contribution in [3.05, 3.63) is 29.8 Å². The van der Waals surface area contributed by atoms with Crippen LogP contribution < -0.4 is 4.90 Å². The molecule has 2 aliphatic rings. The number of fused-ring (bicyclic) bond motifs is 1. The van der Waals surface area contributed by atoms with Gasteiger partial charge in [-0.15, -0.1) is 0 Å².